The number of anilines is 1. The standard InChI is InChI=1S/C18H14N2O8S/c1-10-7-17(21)28-15-9-12(4-5-13(10)15)19-29(25,26)16-6-3-11(18(22)27-2)8-14(16)20(23)24/h3-9,19H,1-2H3. The number of nitrogens with zero attached hydrogens (tertiary/aromatic N) is 1. The minimum absolute atomic E-state index is 0.0394. The summed E-state index contributed by atoms with van der Waals surface area (Å²) in [6.07, 6.45) is 0. The van der Waals surface area contributed by atoms with Crippen molar-refractivity contribution in [3.63, 3.8) is 0 Å². The molecule has 150 valence electrons. The summed E-state index contributed by atoms with van der Waals surface area (Å²) in [5, 5.41) is 12.0. The predicted molar refractivity (Wildman–Crippen MR) is 102 cm³/mol. The summed E-state index contributed by atoms with van der Waals surface area (Å²) >= 11 is 0. The topological polar surface area (TPSA) is 146 Å². The SMILES string of the molecule is COC(=O)c1ccc(S(=O)(=O)Nc2ccc3c(C)cc(=O)oc3c2)c([N+](=O)[O-])c1. The fraction of sp³-hybridized carbons (Fsp3) is 0.111. The number of methoxy groups -OCH3 is 1. The predicted octanol–water partition coefficient (Wildman–Crippen LogP) is 2.60. The van der Waals surface area contributed by atoms with Crippen LogP contribution in [0, 0.1) is 17.0 Å². The molecule has 1 heterocycles. The number of nitro benzene ring substituents is 1. The van der Waals surface area contributed by atoms with E-state index < -0.39 is 37.1 Å². The van der Waals surface area contributed by atoms with E-state index in [1.165, 1.54) is 18.2 Å². The lowest BCUT2D eigenvalue weighted by Gasteiger charge is -2.10. The number of rotatable bonds is 5. The van der Waals surface area contributed by atoms with Crippen molar-refractivity contribution in [2.75, 3.05) is 11.8 Å². The van der Waals surface area contributed by atoms with Crippen molar-refractivity contribution in [3.8, 4) is 0 Å². The second kappa shape index (κ2) is 7.36. The number of hydrogen-bond acceptors (Lipinski definition) is 8. The normalized spacial score (nSPS) is 11.2. The molecule has 2 aromatic carbocycles. The average Bonchev–Trinajstić information content (AvgIpc) is 2.66. The number of carbonyl (C=O) groups excluding carboxylic acids is 1. The Balaban J connectivity index is 2.06. The quantitative estimate of drug-likeness (QED) is 0.288. The Morgan fingerprint density at radius 3 is 2.55 bits per heavy atom. The van der Waals surface area contributed by atoms with Crippen LogP contribution in [0.5, 0.6) is 0 Å². The molecule has 0 aliphatic heterocycles. The molecule has 0 saturated carbocycles. The molecule has 3 rings (SSSR count). The third-order valence-electron chi connectivity index (χ3n) is 4.07. The minimum atomic E-state index is -4.39. The lowest BCUT2D eigenvalue weighted by atomic mass is 10.1. The molecule has 0 fully saturated rings. The van der Waals surface area contributed by atoms with E-state index in [1.54, 1.807) is 13.0 Å². The smallest absolute Gasteiger partial charge is 0.338 e. The van der Waals surface area contributed by atoms with Gasteiger partial charge in [-0.2, -0.15) is 0 Å². The zero-order valence-electron chi connectivity index (χ0n) is 15.2. The second-order valence-electron chi connectivity index (χ2n) is 6.00. The van der Waals surface area contributed by atoms with Crippen LogP contribution < -0.4 is 10.3 Å². The average molecular weight is 418 g/mol. The lowest BCUT2D eigenvalue weighted by Crippen LogP contribution is -2.15. The maximum absolute atomic E-state index is 12.7. The highest BCUT2D eigenvalue weighted by Gasteiger charge is 2.27. The maximum Gasteiger partial charge on any atom is 0.338 e. The molecule has 10 nitrogen and oxygen atoms in total. The van der Waals surface area contributed by atoms with Crippen molar-refractivity contribution in [2.24, 2.45) is 0 Å². The molecule has 0 saturated heterocycles. The van der Waals surface area contributed by atoms with Gasteiger partial charge in [0.25, 0.3) is 15.7 Å². The van der Waals surface area contributed by atoms with Gasteiger partial charge < -0.3 is 9.15 Å². The summed E-state index contributed by atoms with van der Waals surface area (Å²) in [7, 11) is -3.29. The fourth-order valence-corrected chi connectivity index (χ4v) is 3.93. The van der Waals surface area contributed by atoms with Crippen LogP contribution in [0.25, 0.3) is 11.0 Å². The van der Waals surface area contributed by atoms with Crippen LogP contribution in [0.3, 0.4) is 0 Å². The van der Waals surface area contributed by atoms with E-state index in [0.29, 0.717) is 10.9 Å². The molecule has 1 aromatic heterocycles. The summed E-state index contributed by atoms with van der Waals surface area (Å²) in [5.74, 6) is -0.843. The van der Waals surface area contributed by atoms with Gasteiger partial charge in [0, 0.05) is 23.6 Å². The van der Waals surface area contributed by atoms with Gasteiger partial charge >= 0.3 is 11.6 Å². The number of carbonyl (C=O) groups is 1. The zero-order chi connectivity index (χ0) is 21.3. The molecule has 0 spiro atoms. The molecule has 1 N–H and O–H groups in total. The van der Waals surface area contributed by atoms with Crippen molar-refractivity contribution in [2.45, 2.75) is 11.8 Å². The largest absolute Gasteiger partial charge is 0.465 e. The van der Waals surface area contributed by atoms with Gasteiger partial charge in [-0.1, -0.05) is 0 Å². The number of ether oxygens (including phenoxy) is 1. The molecular weight excluding hydrogens is 404 g/mol. The van der Waals surface area contributed by atoms with Gasteiger partial charge in [-0.25, -0.2) is 18.0 Å². The highest BCUT2D eigenvalue weighted by Crippen LogP contribution is 2.28. The molecular formula is C18H14N2O8S. The Bertz CT molecular complexity index is 1310. The van der Waals surface area contributed by atoms with Crippen LogP contribution in [-0.4, -0.2) is 26.4 Å². The van der Waals surface area contributed by atoms with Gasteiger partial charge in [-0.05, 0) is 36.8 Å². The third kappa shape index (κ3) is 3.94. The van der Waals surface area contributed by atoms with Crippen molar-refractivity contribution in [1.82, 2.24) is 0 Å². The molecule has 0 unspecified atom stereocenters. The summed E-state index contributed by atoms with van der Waals surface area (Å²) in [5.41, 5.74) is -0.697. The molecule has 11 heteroatoms. The van der Waals surface area contributed by atoms with Crippen LogP contribution >= 0.6 is 0 Å². The van der Waals surface area contributed by atoms with Gasteiger partial charge in [0.1, 0.15) is 5.58 Å². The Morgan fingerprint density at radius 2 is 1.90 bits per heavy atom. The van der Waals surface area contributed by atoms with Gasteiger partial charge in [-0.3, -0.25) is 14.8 Å². The first kappa shape index (κ1) is 20.0. The molecule has 29 heavy (non-hydrogen) atoms. The van der Waals surface area contributed by atoms with E-state index in [1.807, 2.05) is 0 Å². The van der Waals surface area contributed by atoms with Crippen LogP contribution in [0.4, 0.5) is 11.4 Å². The number of nitro groups is 1. The fourth-order valence-electron chi connectivity index (χ4n) is 2.73. The first-order valence-electron chi connectivity index (χ1n) is 8.06. The summed E-state index contributed by atoms with van der Waals surface area (Å²) in [6, 6.07) is 8.47. The Morgan fingerprint density at radius 1 is 1.17 bits per heavy atom. The zero-order valence-corrected chi connectivity index (χ0v) is 16.0. The van der Waals surface area contributed by atoms with Gasteiger partial charge in [0.05, 0.1) is 23.3 Å². The van der Waals surface area contributed by atoms with Crippen molar-refractivity contribution < 1.29 is 27.3 Å². The van der Waals surface area contributed by atoms with Crippen LogP contribution in [0.2, 0.25) is 0 Å². The molecule has 0 aliphatic rings. The molecule has 0 bridgehead atoms. The number of aryl methyl sites for hydroxylation is 1. The summed E-state index contributed by atoms with van der Waals surface area (Å²) in [6.45, 7) is 1.70. The number of sulfonamides is 1. The molecule has 0 aliphatic carbocycles. The third-order valence-corrected chi connectivity index (χ3v) is 5.50. The van der Waals surface area contributed by atoms with Crippen molar-refractivity contribution in [3.05, 3.63) is 74.1 Å². The monoisotopic (exact) mass is 418 g/mol. The molecule has 0 radical (unpaired) electrons. The van der Waals surface area contributed by atoms with Gasteiger partial charge in [-0.15, -0.1) is 0 Å². The van der Waals surface area contributed by atoms with E-state index in [2.05, 4.69) is 9.46 Å². The highest BCUT2D eigenvalue weighted by molar-refractivity contribution is 7.92. The minimum Gasteiger partial charge on any atom is -0.465 e. The second-order valence-corrected chi connectivity index (χ2v) is 7.65. The molecule has 3 aromatic rings. The van der Waals surface area contributed by atoms with E-state index in [9.17, 15) is 28.1 Å². The Hall–Kier alpha value is -3.73. The highest BCUT2D eigenvalue weighted by atomic mass is 32.2. The Labute approximate surface area is 163 Å². The first-order chi connectivity index (χ1) is 13.6. The lowest BCUT2D eigenvalue weighted by molar-refractivity contribution is -0.387. The van der Waals surface area contributed by atoms with Crippen molar-refractivity contribution in [1.29, 1.82) is 0 Å². The maximum atomic E-state index is 12.7. The van der Waals surface area contributed by atoms with Gasteiger partial charge in [0.2, 0.25) is 0 Å². The molecule has 0 atom stereocenters. The van der Waals surface area contributed by atoms with Crippen molar-refractivity contribution >= 4 is 38.3 Å². The number of benzene rings is 2. The summed E-state index contributed by atoms with van der Waals surface area (Å²) in [4.78, 5) is 32.9. The van der Waals surface area contributed by atoms with E-state index >= 15 is 0 Å². The number of hydrogen-bond donors (Lipinski definition) is 1. The van der Waals surface area contributed by atoms with Crippen LogP contribution in [-0.2, 0) is 14.8 Å². The number of nitrogens with one attached hydrogen (secondary N) is 1. The van der Waals surface area contributed by atoms with Crippen LogP contribution in [0.15, 0.2) is 56.6 Å². The van der Waals surface area contributed by atoms with E-state index in [0.717, 1.165) is 25.3 Å². The Kier molecular flexibility index (Phi) is 5.08. The van der Waals surface area contributed by atoms with E-state index in [4.69, 9.17) is 4.42 Å². The molecule has 0 amide bonds. The van der Waals surface area contributed by atoms with Gasteiger partial charge in [0.15, 0.2) is 4.90 Å². The summed E-state index contributed by atoms with van der Waals surface area (Å²) < 4.78 is 37.2. The number of esters is 1. The van der Waals surface area contributed by atoms with E-state index in [-0.39, 0.29) is 16.8 Å². The number of fused-ring (bicyclic) bond motifs is 1. The van der Waals surface area contributed by atoms with Crippen LogP contribution in [0.1, 0.15) is 15.9 Å². The first-order valence-corrected chi connectivity index (χ1v) is 9.55.